The molecule has 0 aliphatic rings. The highest BCUT2D eigenvalue weighted by Crippen LogP contribution is 2.17. The molecule has 1 heterocycles. The smallest absolute Gasteiger partial charge is 0.253 e. The minimum Gasteiger partial charge on any atom is -0.357 e. The lowest BCUT2D eigenvalue weighted by Crippen LogP contribution is -2.38. The third-order valence-corrected chi connectivity index (χ3v) is 4.40. The van der Waals surface area contributed by atoms with Crippen LogP contribution in [0.15, 0.2) is 36.7 Å². The Bertz CT molecular complexity index is 780. The van der Waals surface area contributed by atoms with Crippen molar-refractivity contribution in [2.45, 2.75) is 33.7 Å². The van der Waals surface area contributed by atoms with Gasteiger partial charge < -0.3 is 15.1 Å². The highest BCUT2D eigenvalue weighted by Gasteiger charge is 2.17. The Labute approximate surface area is 161 Å². The Hall–Kier alpha value is -2.83. The number of hydrogen-bond donors (Lipinski definition) is 1. The average Bonchev–Trinajstić information content (AvgIpc) is 3.06. The number of carbonyl (C=O) groups excluding carboxylic acids is 2. The fourth-order valence-corrected chi connectivity index (χ4v) is 2.91. The zero-order valence-electron chi connectivity index (χ0n) is 16.8. The summed E-state index contributed by atoms with van der Waals surface area (Å²) in [4.78, 5) is 28.8. The highest BCUT2D eigenvalue weighted by molar-refractivity contribution is 5.98. The first-order chi connectivity index (χ1) is 12.8. The minimum atomic E-state index is -0.139. The molecule has 0 bridgehead atoms. The Morgan fingerprint density at radius 1 is 1.22 bits per heavy atom. The molecule has 27 heavy (non-hydrogen) atoms. The van der Waals surface area contributed by atoms with Crippen molar-refractivity contribution < 1.29 is 9.59 Å². The molecule has 146 valence electrons. The van der Waals surface area contributed by atoms with Crippen molar-refractivity contribution in [2.24, 2.45) is 7.05 Å². The highest BCUT2D eigenvalue weighted by atomic mass is 16.2. The Balaban J connectivity index is 2.09. The van der Waals surface area contributed by atoms with E-state index in [4.69, 9.17) is 0 Å². The molecule has 0 unspecified atom stereocenters. The predicted molar refractivity (Wildman–Crippen MR) is 108 cm³/mol. The van der Waals surface area contributed by atoms with Crippen molar-refractivity contribution in [3.05, 3.63) is 42.2 Å². The molecule has 7 nitrogen and oxygen atoms in total. The topological polar surface area (TPSA) is 70.5 Å². The fourth-order valence-electron chi connectivity index (χ4n) is 2.91. The average molecular weight is 371 g/mol. The quantitative estimate of drug-likeness (QED) is 0.775. The molecule has 0 atom stereocenters. The van der Waals surface area contributed by atoms with E-state index in [-0.39, 0.29) is 24.4 Å². The van der Waals surface area contributed by atoms with Gasteiger partial charge >= 0.3 is 0 Å². The normalized spacial score (nSPS) is 10.7. The van der Waals surface area contributed by atoms with Crippen molar-refractivity contribution >= 4 is 23.2 Å². The SMILES string of the molecule is CCN(CC)C(=O)c1cccc(NC(=O)CN(c2cnn(C)c2)C(C)C)c1. The van der Waals surface area contributed by atoms with Gasteiger partial charge in [0.1, 0.15) is 0 Å². The second-order valence-electron chi connectivity index (χ2n) is 6.70. The molecule has 0 aliphatic heterocycles. The molecule has 2 amide bonds. The van der Waals surface area contributed by atoms with Crippen LogP contribution in [0.25, 0.3) is 0 Å². The summed E-state index contributed by atoms with van der Waals surface area (Å²) in [5.41, 5.74) is 2.09. The van der Waals surface area contributed by atoms with Crippen molar-refractivity contribution in [1.29, 1.82) is 0 Å². The third kappa shape index (κ3) is 5.32. The first kappa shape index (κ1) is 20.5. The van der Waals surface area contributed by atoms with E-state index in [1.807, 2.05) is 45.8 Å². The molecular formula is C20H29N5O2. The number of carbonyl (C=O) groups is 2. The number of benzene rings is 1. The van der Waals surface area contributed by atoms with E-state index in [0.717, 1.165) is 5.69 Å². The lowest BCUT2D eigenvalue weighted by Gasteiger charge is -2.26. The number of nitrogens with one attached hydrogen (secondary N) is 1. The second-order valence-corrected chi connectivity index (χ2v) is 6.70. The standard InChI is InChI=1S/C20H29N5O2/c1-6-24(7-2)20(27)16-9-8-10-17(11-16)22-19(26)14-25(15(3)4)18-12-21-23(5)13-18/h8-13,15H,6-7,14H2,1-5H3,(H,22,26). The van der Waals surface area contributed by atoms with Crippen LogP contribution in [-0.2, 0) is 11.8 Å². The van der Waals surface area contributed by atoms with Gasteiger partial charge in [0.05, 0.1) is 18.4 Å². The molecule has 0 saturated heterocycles. The Kier molecular flexibility index (Phi) is 6.98. The summed E-state index contributed by atoms with van der Waals surface area (Å²) in [5.74, 6) is -0.171. The number of aryl methyl sites for hydroxylation is 1. The number of rotatable bonds is 8. The predicted octanol–water partition coefficient (Wildman–Crippen LogP) is 2.76. The van der Waals surface area contributed by atoms with Crippen LogP contribution in [0.1, 0.15) is 38.1 Å². The van der Waals surface area contributed by atoms with Crippen molar-refractivity contribution in [2.75, 3.05) is 29.9 Å². The fraction of sp³-hybridized carbons (Fsp3) is 0.450. The molecule has 2 rings (SSSR count). The van der Waals surface area contributed by atoms with Gasteiger partial charge in [-0.1, -0.05) is 6.07 Å². The van der Waals surface area contributed by atoms with E-state index in [2.05, 4.69) is 10.4 Å². The van der Waals surface area contributed by atoms with Crippen molar-refractivity contribution in [3.63, 3.8) is 0 Å². The second kappa shape index (κ2) is 9.21. The number of aromatic nitrogens is 2. The van der Waals surface area contributed by atoms with E-state index in [1.54, 1.807) is 40.0 Å². The number of anilines is 2. The van der Waals surface area contributed by atoms with E-state index in [0.29, 0.717) is 24.3 Å². The first-order valence-electron chi connectivity index (χ1n) is 9.30. The zero-order chi connectivity index (χ0) is 20.0. The van der Waals surface area contributed by atoms with Gasteiger partial charge in [0.15, 0.2) is 0 Å². The van der Waals surface area contributed by atoms with Gasteiger partial charge in [0.25, 0.3) is 5.91 Å². The summed E-state index contributed by atoms with van der Waals surface area (Å²) in [6, 6.07) is 7.22. The van der Waals surface area contributed by atoms with Crippen LogP contribution in [0.3, 0.4) is 0 Å². The largest absolute Gasteiger partial charge is 0.357 e. The molecule has 0 aliphatic carbocycles. The maximum Gasteiger partial charge on any atom is 0.253 e. The van der Waals surface area contributed by atoms with Crippen LogP contribution < -0.4 is 10.2 Å². The summed E-state index contributed by atoms with van der Waals surface area (Å²) >= 11 is 0. The molecule has 7 heteroatoms. The molecule has 1 aromatic heterocycles. The van der Waals surface area contributed by atoms with Gasteiger partial charge in [-0.05, 0) is 45.9 Å². The van der Waals surface area contributed by atoms with Crippen LogP contribution in [0.4, 0.5) is 11.4 Å². The van der Waals surface area contributed by atoms with Crippen molar-refractivity contribution in [3.8, 4) is 0 Å². The monoisotopic (exact) mass is 371 g/mol. The molecule has 1 N–H and O–H groups in total. The number of hydrogen-bond acceptors (Lipinski definition) is 4. The van der Waals surface area contributed by atoms with Gasteiger partial charge in [-0.2, -0.15) is 5.10 Å². The molecular weight excluding hydrogens is 342 g/mol. The third-order valence-electron chi connectivity index (χ3n) is 4.40. The van der Waals surface area contributed by atoms with Gasteiger partial charge in [-0.15, -0.1) is 0 Å². The van der Waals surface area contributed by atoms with Gasteiger partial charge in [0, 0.05) is 43.6 Å². The number of amides is 2. The number of nitrogens with zero attached hydrogens (tertiary/aromatic N) is 4. The summed E-state index contributed by atoms with van der Waals surface area (Å²) < 4.78 is 1.71. The summed E-state index contributed by atoms with van der Waals surface area (Å²) in [5, 5.41) is 7.07. The summed E-state index contributed by atoms with van der Waals surface area (Å²) in [6.07, 6.45) is 3.63. The van der Waals surface area contributed by atoms with E-state index in [1.165, 1.54) is 0 Å². The maximum atomic E-state index is 12.6. The lowest BCUT2D eigenvalue weighted by atomic mass is 10.1. The van der Waals surface area contributed by atoms with Gasteiger partial charge in [-0.3, -0.25) is 14.3 Å². The summed E-state index contributed by atoms with van der Waals surface area (Å²) in [7, 11) is 1.85. The van der Waals surface area contributed by atoms with Crippen LogP contribution in [0.5, 0.6) is 0 Å². The molecule has 0 radical (unpaired) electrons. The van der Waals surface area contributed by atoms with E-state index < -0.39 is 0 Å². The van der Waals surface area contributed by atoms with Crippen LogP contribution in [0, 0.1) is 0 Å². The lowest BCUT2D eigenvalue weighted by molar-refractivity contribution is -0.115. The van der Waals surface area contributed by atoms with Crippen LogP contribution in [-0.4, -0.2) is 52.2 Å². The van der Waals surface area contributed by atoms with Crippen LogP contribution in [0.2, 0.25) is 0 Å². The Morgan fingerprint density at radius 2 is 1.93 bits per heavy atom. The molecule has 2 aromatic rings. The summed E-state index contributed by atoms with van der Waals surface area (Å²) in [6.45, 7) is 9.48. The molecule has 0 saturated carbocycles. The Morgan fingerprint density at radius 3 is 2.48 bits per heavy atom. The minimum absolute atomic E-state index is 0.0322. The molecule has 0 spiro atoms. The van der Waals surface area contributed by atoms with Gasteiger partial charge in [-0.25, -0.2) is 0 Å². The van der Waals surface area contributed by atoms with E-state index >= 15 is 0 Å². The van der Waals surface area contributed by atoms with Crippen molar-refractivity contribution in [1.82, 2.24) is 14.7 Å². The molecule has 0 fully saturated rings. The maximum absolute atomic E-state index is 12.6. The van der Waals surface area contributed by atoms with Crippen LogP contribution >= 0.6 is 0 Å². The first-order valence-corrected chi connectivity index (χ1v) is 9.30. The van der Waals surface area contributed by atoms with Gasteiger partial charge in [0.2, 0.25) is 5.91 Å². The zero-order valence-corrected chi connectivity index (χ0v) is 16.8. The van der Waals surface area contributed by atoms with E-state index in [9.17, 15) is 9.59 Å². The molecule has 1 aromatic carbocycles.